The molecule has 1 atom stereocenters. The highest BCUT2D eigenvalue weighted by Gasteiger charge is 2.46. The first-order valence-electron chi connectivity index (χ1n) is 11.1. The number of likely N-dealkylation sites (tertiary alicyclic amines) is 1. The molecule has 1 aromatic heterocycles. The van der Waals surface area contributed by atoms with E-state index in [4.69, 9.17) is 4.74 Å². The molecule has 1 amide bonds. The Labute approximate surface area is 198 Å². The van der Waals surface area contributed by atoms with Crippen LogP contribution < -0.4 is 4.74 Å². The van der Waals surface area contributed by atoms with Crippen molar-refractivity contribution in [2.45, 2.75) is 12.6 Å². The van der Waals surface area contributed by atoms with Crippen LogP contribution in [0.1, 0.15) is 22.7 Å². The maximum atomic E-state index is 13.1. The van der Waals surface area contributed by atoms with E-state index in [0.29, 0.717) is 36.6 Å². The summed E-state index contributed by atoms with van der Waals surface area (Å²) in [4.78, 5) is 33.5. The van der Waals surface area contributed by atoms with E-state index in [9.17, 15) is 14.7 Å². The second-order valence-corrected chi connectivity index (χ2v) is 8.38. The van der Waals surface area contributed by atoms with Gasteiger partial charge in [0.15, 0.2) is 0 Å². The molecule has 7 heteroatoms. The van der Waals surface area contributed by atoms with Crippen molar-refractivity contribution in [2.75, 3.05) is 27.2 Å². The number of ketones is 1. The second-order valence-electron chi connectivity index (χ2n) is 8.38. The lowest BCUT2D eigenvalue weighted by Crippen LogP contribution is -2.35. The van der Waals surface area contributed by atoms with Gasteiger partial charge >= 0.3 is 0 Å². The molecule has 2 heterocycles. The number of pyridine rings is 1. The molecule has 1 fully saturated rings. The first-order chi connectivity index (χ1) is 16.5. The molecule has 0 radical (unpaired) electrons. The van der Waals surface area contributed by atoms with E-state index in [-0.39, 0.29) is 11.3 Å². The van der Waals surface area contributed by atoms with Crippen molar-refractivity contribution in [3.8, 4) is 5.75 Å². The molecule has 0 spiro atoms. The van der Waals surface area contributed by atoms with E-state index >= 15 is 0 Å². The number of hydrogen-bond acceptors (Lipinski definition) is 6. The minimum atomic E-state index is -0.728. The van der Waals surface area contributed by atoms with Gasteiger partial charge in [-0.1, -0.05) is 42.5 Å². The maximum Gasteiger partial charge on any atom is 0.295 e. The number of nitrogens with zero attached hydrogens (tertiary/aromatic N) is 3. The molecule has 7 nitrogen and oxygen atoms in total. The number of hydrogen-bond donors (Lipinski definition) is 1. The van der Waals surface area contributed by atoms with Gasteiger partial charge in [0.2, 0.25) is 0 Å². The number of amides is 1. The number of Topliss-reactive ketones (excluding diaryl/α,β-unsaturated/α-hetero) is 1. The van der Waals surface area contributed by atoms with Crippen molar-refractivity contribution in [1.29, 1.82) is 0 Å². The van der Waals surface area contributed by atoms with Gasteiger partial charge in [0.25, 0.3) is 11.7 Å². The van der Waals surface area contributed by atoms with Crippen LogP contribution in [0.5, 0.6) is 5.75 Å². The van der Waals surface area contributed by atoms with Crippen LogP contribution in [0.15, 0.2) is 84.7 Å². The predicted octanol–water partition coefficient (Wildman–Crippen LogP) is 3.64. The van der Waals surface area contributed by atoms with Crippen LogP contribution in [0.2, 0.25) is 0 Å². The molecule has 0 bridgehead atoms. The van der Waals surface area contributed by atoms with Crippen LogP contribution in [-0.4, -0.2) is 58.8 Å². The van der Waals surface area contributed by atoms with Crippen LogP contribution in [0.3, 0.4) is 0 Å². The molecule has 0 saturated carbocycles. The second kappa shape index (κ2) is 10.3. The highest BCUT2D eigenvalue weighted by Crippen LogP contribution is 2.40. The Kier molecular flexibility index (Phi) is 7.04. The summed E-state index contributed by atoms with van der Waals surface area (Å²) in [5.41, 5.74) is 2.22. The molecular formula is C27H27N3O4. The third-order valence-electron chi connectivity index (χ3n) is 5.70. The molecule has 34 heavy (non-hydrogen) atoms. The summed E-state index contributed by atoms with van der Waals surface area (Å²) in [5, 5.41) is 11.1. The Bertz CT molecular complexity index is 1190. The van der Waals surface area contributed by atoms with Crippen molar-refractivity contribution < 1.29 is 19.4 Å². The molecule has 174 valence electrons. The largest absolute Gasteiger partial charge is 0.507 e. The number of ether oxygens (including phenoxy) is 1. The lowest BCUT2D eigenvalue weighted by atomic mass is 9.95. The van der Waals surface area contributed by atoms with Crippen LogP contribution >= 0.6 is 0 Å². The number of aliphatic hydroxyl groups excluding tert-OH is 1. The van der Waals surface area contributed by atoms with E-state index in [2.05, 4.69) is 4.98 Å². The van der Waals surface area contributed by atoms with Crippen LogP contribution in [-0.2, 0) is 16.2 Å². The average molecular weight is 458 g/mol. The zero-order chi connectivity index (χ0) is 24.1. The highest BCUT2D eigenvalue weighted by molar-refractivity contribution is 6.46. The summed E-state index contributed by atoms with van der Waals surface area (Å²) in [6.07, 6.45) is 3.06. The number of aliphatic hydroxyl groups is 1. The number of likely N-dealkylation sites (N-methyl/N-ethyl adjacent to an activating group) is 1. The van der Waals surface area contributed by atoms with E-state index < -0.39 is 17.7 Å². The quantitative estimate of drug-likeness (QED) is 0.316. The van der Waals surface area contributed by atoms with Crippen molar-refractivity contribution in [3.05, 3.63) is 101 Å². The standard InChI is InChI=1S/C27H27N3O4/c1-29(2)15-16-30-24(23(26(32)27(30)33)25(31)20-11-13-28-14-12-20)21-9-6-10-22(17-21)34-18-19-7-4-3-5-8-19/h3-14,17,24,31H,15-16,18H2,1-2H3/b25-23+. The molecule has 1 N–H and O–H groups in total. The summed E-state index contributed by atoms with van der Waals surface area (Å²) in [7, 11) is 3.81. The fourth-order valence-corrected chi connectivity index (χ4v) is 3.95. The minimum absolute atomic E-state index is 0.0650. The highest BCUT2D eigenvalue weighted by atomic mass is 16.5. The van der Waals surface area contributed by atoms with Crippen LogP contribution in [0, 0.1) is 0 Å². The summed E-state index contributed by atoms with van der Waals surface area (Å²) in [6, 6.07) is 19.6. The Morgan fingerprint density at radius 3 is 2.47 bits per heavy atom. The van der Waals surface area contributed by atoms with Crippen molar-refractivity contribution in [1.82, 2.24) is 14.8 Å². The predicted molar refractivity (Wildman–Crippen MR) is 129 cm³/mol. The Morgan fingerprint density at radius 1 is 1.03 bits per heavy atom. The van der Waals surface area contributed by atoms with Gasteiger partial charge in [0.1, 0.15) is 18.1 Å². The normalized spacial score (nSPS) is 17.4. The lowest BCUT2D eigenvalue weighted by molar-refractivity contribution is -0.140. The maximum absolute atomic E-state index is 13.1. The van der Waals surface area contributed by atoms with Gasteiger partial charge in [0.05, 0.1) is 11.6 Å². The average Bonchev–Trinajstić information content (AvgIpc) is 3.12. The van der Waals surface area contributed by atoms with Gasteiger partial charge in [-0.3, -0.25) is 14.6 Å². The summed E-state index contributed by atoms with van der Waals surface area (Å²) >= 11 is 0. The van der Waals surface area contributed by atoms with E-state index in [0.717, 1.165) is 5.56 Å². The topological polar surface area (TPSA) is 83.0 Å². The number of rotatable bonds is 8. The summed E-state index contributed by atoms with van der Waals surface area (Å²) in [6.45, 7) is 1.30. The molecule has 1 aliphatic heterocycles. The zero-order valence-corrected chi connectivity index (χ0v) is 19.2. The minimum Gasteiger partial charge on any atom is -0.507 e. The summed E-state index contributed by atoms with van der Waals surface area (Å²) < 4.78 is 5.98. The first kappa shape index (κ1) is 23.2. The molecule has 0 aliphatic carbocycles. The molecule has 1 unspecified atom stereocenters. The Balaban J connectivity index is 1.72. The molecule has 1 aliphatic rings. The van der Waals surface area contributed by atoms with E-state index in [1.165, 1.54) is 17.3 Å². The zero-order valence-electron chi connectivity index (χ0n) is 19.2. The SMILES string of the molecule is CN(C)CCN1C(=O)C(=O)/C(=C(/O)c2ccncc2)C1c1cccc(OCc2ccccc2)c1. The van der Waals surface area contributed by atoms with Crippen LogP contribution in [0.4, 0.5) is 0 Å². The van der Waals surface area contributed by atoms with E-state index in [1.807, 2.05) is 73.6 Å². The molecular weight excluding hydrogens is 430 g/mol. The van der Waals surface area contributed by atoms with Gasteiger partial charge in [-0.05, 0) is 49.5 Å². The van der Waals surface area contributed by atoms with Crippen molar-refractivity contribution in [2.24, 2.45) is 0 Å². The van der Waals surface area contributed by atoms with Gasteiger partial charge in [-0.25, -0.2) is 0 Å². The van der Waals surface area contributed by atoms with Gasteiger partial charge in [-0.15, -0.1) is 0 Å². The third kappa shape index (κ3) is 5.00. The lowest BCUT2D eigenvalue weighted by Gasteiger charge is -2.27. The fraction of sp³-hybridized carbons (Fsp3) is 0.222. The number of carbonyl (C=O) groups excluding carboxylic acids is 2. The number of aromatic nitrogens is 1. The Morgan fingerprint density at radius 2 is 1.76 bits per heavy atom. The monoisotopic (exact) mass is 457 g/mol. The smallest absolute Gasteiger partial charge is 0.295 e. The summed E-state index contributed by atoms with van der Waals surface area (Å²) in [5.74, 6) is -0.927. The van der Waals surface area contributed by atoms with Gasteiger partial charge < -0.3 is 19.6 Å². The van der Waals surface area contributed by atoms with Crippen molar-refractivity contribution in [3.63, 3.8) is 0 Å². The van der Waals surface area contributed by atoms with Gasteiger partial charge in [0, 0.05) is 31.0 Å². The van der Waals surface area contributed by atoms with E-state index in [1.54, 1.807) is 12.1 Å². The first-order valence-corrected chi connectivity index (χ1v) is 11.1. The third-order valence-corrected chi connectivity index (χ3v) is 5.70. The van der Waals surface area contributed by atoms with Crippen molar-refractivity contribution >= 4 is 17.4 Å². The Hall–Kier alpha value is -3.97. The molecule has 1 saturated heterocycles. The van der Waals surface area contributed by atoms with Crippen LogP contribution in [0.25, 0.3) is 5.76 Å². The molecule has 4 rings (SSSR count). The number of benzene rings is 2. The molecule has 2 aromatic carbocycles. The number of carbonyl (C=O) groups is 2. The van der Waals surface area contributed by atoms with Gasteiger partial charge in [-0.2, -0.15) is 0 Å². The fourth-order valence-electron chi connectivity index (χ4n) is 3.95. The molecule has 3 aromatic rings.